The Morgan fingerprint density at radius 3 is 2.08 bits per heavy atom. The molecule has 0 radical (unpaired) electrons. The number of hydrogen-bond acceptors (Lipinski definition) is 7. The first kappa shape index (κ1) is 34.5. The van der Waals surface area contributed by atoms with Gasteiger partial charge in [-0.15, -0.1) is 11.8 Å². The average molecular weight is 695 g/mol. The summed E-state index contributed by atoms with van der Waals surface area (Å²) in [6.45, 7) is 2.18. The summed E-state index contributed by atoms with van der Waals surface area (Å²) < 4.78 is 11.0. The molecule has 1 heterocycles. The zero-order valence-electron chi connectivity index (χ0n) is 27.6. The first-order valence-corrected chi connectivity index (χ1v) is 17.0. The third-order valence-electron chi connectivity index (χ3n) is 7.55. The van der Waals surface area contributed by atoms with Crippen molar-refractivity contribution in [2.45, 2.75) is 23.7 Å². The molecule has 1 aromatic heterocycles. The van der Waals surface area contributed by atoms with Crippen LogP contribution in [0.15, 0.2) is 161 Å². The number of amides is 3. The van der Waals surface area contributed by atoms with Crippen LogP contribution in [0.3, 0.4) is 0 Å². The maximum atomic E-state index is 13.6. The van der Waals surface area contributed by atoms with Gasteiger partial charge in [-0.2, -0.15) is 0 Å². The summed E-state index contributed by atoms with van der Waals surface area (Å²) in [7, 11) is 0. The molecular formula is C41H34N4O5S. The SMILES string of the molecule is Cc1cc(NC(=O)C(Sc2ccc(NC(=O)/C(=C/c3ccc(OCc4ccccc4)cc3)NC(=O)c3ccccc3)cc2)c2ccccc2)no1. The Morgan fingerprint density at radius 2 is 1.43 bits per heavy atom. The number of anilines is 2. The fourth-order valence-electron chi connectivity index (χ4n) is 4.98. The fraction of sp³-hybridized carbons (Fsp3) is 0.0732. The molecule has 254 valence electrons. The molecule has 6 rings (SSSR count). The highest BCUT2D eigenvalue weighted by molar-refractivity contribution is 8.00. The van der Waals surface area contributed by atoms with Gasteiger partial charge >= 0.3 is 0 Å². The van der Waals surface area contributed by atoms with E-state index in [1.54, 1.807) is 55.5 Å². The standard InChI is InChI=1S/C41H34N4O5S/c1-28-25-37(45-50-28)44-41(48)38(31-13-7-3-8-14-31)51-35-23-19-33(20-24-35)42-40(47)36(43-39(46)32-15-9-4-10-16-32)26-29-17-21-34(22-18-29)49-27-30-11-5-2-6-12-30/h2-26,38H,27H2,1H3,(H,42,47)(H,43,46)(H,44,45,48)/b36-26-. The van der Waals surface area contributed by atoms with Gasteiger partial charge in [-0.25, -0.2) is 0 Å². The molecule has 51 heavy (non-hydrogen) atoms. The fourth-order valence-corrected chi connectivity index (χ4v) is 6.00. The van der Waals surface area contributed by atoms with Crippen molar-refractivity contribution >= 4 is 47.1 Å². The predicted octanol–water partition coefficient (Wildman–Crippen LogP) is 8.44. The highest BCUT2D eigenvalue weighted by atomic mass is 32.2. The van der Waals surface area contributed by atoms with Crippen LogP contribution in [-0.2, 0) is 16.2 Å². The minimum absolute atomic E-state index is 0.0594. The van der Waals surface area contributed by atoms with Crippen LogP contribution in [0.25, 0.3) is 6.08 Å². The summed E-state index contributed by atoms with van der Waals surface area (Å²) in [5, 5.41) is 11.8. The quantitative estimate of drug-likeness (QED) is 0.0819. The third kappa shape index (κ3) is 9.84. The van der Waals surface area contributed by atoms with Gasteiger partial charge in [0.25, 0.3) is 11.8 Å². The maximum Gasteiger partial charge on any atom is 0.272 e. The normalized spacial score (nSPS) is 11.7. The second kappa shape index (κ2) is 16.8. The number of nitrogens with zero attached hydrogens (tertiary/aromatic N) is 1. The van der Waals surface area contributed by atoms with Crippen LogP contribution < -0.4 is 20.7 Å². The van der Waals surface area contributed by atoms with E-state index in [-0.39, 0.29) is 11.6 Å². The van der Waals surface area contributed by atoms with Gasteiger partial charge in [0.1, 0.15) is 29.1 Å². The molecule has 0 aliphatic carbocycles. The van der Waals surface area contributed by atoms with E-state index in [9.17, 15) is 14.4 Å². The molecule has 0 bridgehead atoms. The lowest BCUT2D eigenvalue weighted by molar-refractivity contribution is -0.116. The molecule has 1 atom stereocenters. The maximum absolute atomic E-state index is 13.6. The monoisotopic (exact) mass is 694 g/mol. The van der Waals surface area contributed by atoms with Crippen molar-refractivity contribution in [1.82, 2.24) is 10.5 Å². The van der Waals surface area contributed by atoms with Gasteiger partial charge in [-0.3, -0.25) is 14.4 Å². The number of carbonyl (C=O) groups excluding carboxylic acids is 3. The Hall–Kier alpha value is -6.39. The number of hydrogen-bond donors (Lipinski definition) is 3. The Balaban J connectivity index is 1.16. The molecule has 0 aliphatic heterocycles. The number of benzene rings is 5. The minimum atomic E-state index is -0.582. The Morgan fingerprint density at radius 1 is 0.784 bits per heavy atom. The number of rotatable bonds is 13. The lowest BCUT2D eigenvalue weighted by Gasteiger charge is -2.16. The second-order valence-electron chi connectivity index (χ2n) is 11.4. The van der Waals surface area contributed by atoms with Crippen molar-refractivity contribution in [3.05, 3.63) is 179 Å². The molecule has 0 saturated heterocycles. The first-order valence-electron chi connectivity index (χ1n) is 16.1. The van der Waals surface area contributed by atoms with Crippen LogP contribution in [-0.4, -0.2) is 22.9 Å². The van der Waals surface area contributed by atoms with Gasteiger partial charge in [0.2, 0.25) is 5.91 Å². The van der Waals surface area contributed by atoms with E-state index in [1.165, 1.54) is 11.8 Å². The molecule has 5 aromatic carbocycles. The Labute approximate surface area is 299 Å². The van der Waals surface area contributed by atoms with Crippen molar-refractivity contribution in [1.29, 1.82) is 0 Å². The van der Waals surface area contributed by atoms with Crippen LogP contribution >= 0.6 is 11.8 Å². The number of aromatic nitrogens is 1. The predicted molar refractivity (Wildman–Crippen MR) is 199 cm³/mol. The Bertz CT molecular complexity index is 2100. The highest BCUT2D eigenvalue weighted by Gasteiger charge is 2.23. The van der Waals surface area contributed by atoms with Crippen molar-refractivity contribution in [3.63, 3.8) is 0 Å². The zero-order chi connectivity index (χ0) is 35.4. The number of ether oxygens (including phenoxy) is 1. The van der Waals surface area contributed by atoms with Crippen molar-refractivity contribution < 1.29 is 23.6 Å². The Kier molecular flexibility index (Phi) is 11.4. The van der Waals surface area contributed by atoms with Gasteiger partial charge in [0.05, 0.1) is 0 Å². The van der Waals surface area contributed by atoms with Crippen LogP contribution in [0.4, 0.5) is 11.5 Å². The minimum Gasteiger partial charge on any atom is -0.489 e. The summed E-state index contributed by atoms with van der Waals surface area (Å²) in [5.41, 5.74) is 3.54. The summed E-state index contributed by atoms with van der Waals surface area (Å²) in [4.78, 5) is 40.9. The van der Waals surface area contributed by atoms with Gasteiger partial charge in [0, 0.05) is 22.2 Å². The highest BCUT2D eigenvalue weighted by Crippen LogP contribution is 2.36. The van der Waals surface area contributed by atoms with Crippen LogP contribution in [0.1, 0.15) is 38.1 Å². The van der Waals surface area contributed by atoms with Gasteiger partial charge < -0.3 is 25.2 Å². The van der Waals surface area contributed by atoms with Gasteiger partial charge in [0.15, 0.2) is 5.82 Å². The lowest BCUT2D eigenvalue weighted by atomic mass is 10.1. The lowest BCUT2D eigenvalue weighted by Crippen LogP contribution is -2.30. The molecule has 3 N–H and O–H groups in total. The van der Waals surface area contributed by atoms with E-state index >= 15 is 0 Å². The smallest absolute Gasteiger partial charge is 0.272 e. The second-order valence-corrected chi connectivity index (χ2v) is 12.6. The molecular weight excluding hydrogens is 661 g/mol. The molecule has 0 fully saturated rings. The largest absolute Gasteiger partial charge is 0.489 e. The third-order valence-corrected chi connectivity index (χ3v) is 8.82. The van der Waals surface area contributed by atoms with E-state index in [1.807, 2.05) is 103 Å². The first-order chi connectivity index (χ1) is 24.9. The summed E-state index contributed by atoms with van der Waals surface area (Å²) in [5.74, 6) is 0.426. The molecule has 3 amide bonds. The molecule has 1 unspecified atom stereocenters. The van der Waals surface area contributed by atoms with Gasteiger partial charge in [-0.05, 0) is 78.2 Å². The topological polar surface area (TPSA) is 123 Å². The molecule has 9 nitrogen and oxygen atoms in total. The molecule has 10 heteroatoms. The molecule has 0 saturated carbocycles. The summed E-state index contributed by atoms with van der Waals surface area (Å²) in [6.07, 6.45) is 1.61. The van der Waals surface area contributed by atoms with E-state index in [0.717, 1.165) is 16.0 Å². The molecule has 0 aliphatic rings. The van der Waals surface area contributed by atoms with Crippen molar-refractivity contribution in [2.75, 3.05) is 10.6 Å². The zero-order valence-corrected chi connectivity index (χ0v) is 28.4. The summed E-state index contributed by atoms with van der Waals surface area (Å²) >= 11 is 1.36. The van der Waals surface area contributed by atoms with E-state index in [4.69, 9.17) is 9.26 Å². The van der Waals surface area contributed by atoms with Crippen molar-refractivity contribution in [3.8, 4) is 5.75 Å². The number of thioether (sulfide) groups is 1. The van der Waals surface area contributed by atoms with Crippen LogP contribution in [0, 0.1) is 6.92 Å². The van der Waals surface area contributed by atoms with Gasteiger partial charge in [-0.1, -0.05) is 96.2 Å². The van der Waals surface area contributed by atoms with E-state index < -0.39 is 17.1 Å². The van der Waals surface area contributed by atoms with Crippen LogP contribution in [0.5, 0.6) is 5.75 Å². The van der Waals surface area contributed by atoms with E-state index in [0.29, 0.717) is 40.7 Å². The van der Waals surface area contributed by atoms with E-state index in [2.05, 4.69) is 21.1 Å². The number of nitrogens with one attached hydrogen (secondary N) is 3. The number of carbonyl (C=O) groups is 3. The average Bonchev–Trinajstić information content (AvgIpc) is 3.58. The number of aryl methyl sites for hydroxylation is 1. The van der Waals surface area contributed by atoms with Crippen LogP contribution in [0.2, 0.25) is 0 Å². The van der Waals surface area contributed by atoms with Crippen molar-refractivity contribution in [2.24, 2.45) is 0 Å². The summed E-state index contributed by atoms with van der Waals surface area (Å²) in [6, 6.07) is 44.0. The molecule has 0 spiro atoms. The molecule has 6 aromatic rings.